The molecule has 1 aromatic heterocycles. The number of nitrogens with one attached hydrogen (secondary N) is 1. The lowest BCUT2D eigenvalue weighted by Gasteiger charge is -2.31. The maximum Gasteiger partial charge on any atom is 0.253 e. The van der Waals surface area contributed by atoms with Crippen molar-refractivity contribution in [1.29, 1.82) is 0 Å². The molecule has 0 aliphatic heterocycles. The number of carbonyl (C=O) groups excluding carboxylic acids is 1. The van der Waals surface area contributed by atoms with Gasteiger partial charge in [-0.3, -0.25) is 4.79 Å². The van der Waals surface area contributed by atoms with E-state index in [0.29, 0.717) is 18.5 Å². The molecule has 23 heavy (non-hydrogen) atoms. The Labute approximate surface area is 137 Å². The van der Waals surface area contributed by atoms with Crippen LogP contribution in [0, 0.1) is 5.41 Å². The molecule has 1 aromatic carbocycles. The summed E-state index contributed by atoms with van der Waals surface area (Å²) in [5, 5.41) is 16.5. The third-order valence-corrected chi connectivity index (χ3v) is 4.67. The number of rotatable bonds is 8. The van der Waals surface area contributed by atoms with Gasteiger partial charge in [-0.15, -0.1) is 0 Å². The SMILES string of the molecule is CCC(CC)(CCO)CNC(=O)c1ccccc1-n1cccn1. The Bertz CT molecular complexity index is 619. The molecule has 0 fully saturated rings. The molecule has 5 heteroatoms. The van der Waals surface area contributed by atoms with Crippen LogP contribution in [0.5, 0.6) is 0 Å². The van der Waals surface area contributed by atoms with Gasteiger partial charge in [-0.1, -0.05) is 26.0 Å². The maximum atomic E-state index is 12.6. The van der Waals surface area contributed by atoms with Gasteiger partial charge < -0.3 is 10.4 Å². The molecule has 2 N–H and O–H groups in total. The second-order valence-electron chi connectivity index (χ2n) is 5.83. The molecule has 0 aliphatic rings. The molecular formula is C18H25N3O2. The zero-order valence-corrected chi connectivity index (χ0v) is 13.8. The van der Waals surface area contributed by atoms with E-state index in [4.69, 9.17) is 0 Å². The van der Waals surface area contributed by atoms with Crippen molar-refractivity contribution in [3.05, 3.63) is 48.3 Å². The number of aliphatic hydroxyl groups excluding tert-OH is 1. The Morgan fingerprint density at radius 1 is 1.26 bits per heavy atom. The minimum atomic E-state index is -0.111. The fourth-order valence-electron chi connectivity index (χ4n) is 2.82. The van der Waals surface area contributed by atoms with E-state index in [2.05, 4.69) is 24.3 Å². The van der Waals surface area contributed by atoms with Gasteiger partial charge in [0.05, 0.1) is 11.3 Å². The Hall–Kier alpha value is -2.14. The average molecular weight is 315 g/mol. The van der Waals surface area contributed by atoms with Gasteiger partial charge >= 0.3 is 0 Å². The monoisotopic (exact) mass is 315 g/mol. The van der Waals surface area contributed by atoms with Crippen LogP contribution in [0.4, 0.5) is 0 Å². The molecule has 2 rings (SSSR count). The first-order valence-corrected chi connectivity index (χ1v) is 8.14. The van der Waals surface area contributed by atoms with Crippen LogP contribution in [0.2, 0.25) is 0 Å². The standard InChI is InChI=1S/C18H25N3O2/c1-3-18(4-2,10-13-22)14-19-17(23)15-8-5-6-9-16(15)21-12-7-11-20-21/h5-9,11-12,22H,3-4,10,13-14H2,1-2H3,(H,19,23). The summed E-state index contributed by atoms with van der Waals surface area (Å²) in [6.07, 6.45) is 6.05. The van der Waals surface area contributed by atoms with Crippen molar-refractivity contribution in [3.8, 4) is 5.69 Å². The number of amides is 1. The van der Waals surface area contributed by atoms with E-state index in [0.717, 1.165) is 18.5 Å². The van der Waals surface area contributed by atoms with Gasteiger partial charge in [0.25, 0.3) is 5.91 Å². The predicted octanol–water partition coefficient (Wildman–Crippen LogP) is 2.79. The lowest BCUT2D eigenvalue weighted by molar-refractivity contribution is 0.0907. The largest absolute Gasteiger partial charge is 0.396 e. The number of hydrogen-bond acceptors (Lipinski definition) is 3. The zero-order chi connectivity index (χ0) is 16.7. The summed E-state index contributed by atoms with van der Waals surface area (Å²) in [5.41, 5.74) is 1.31. The number of benzene rings is 1. The van der Waals surface area contributed by atoms with Crippen LogP contribution < -0.4 is 5.32 Å². The normalized spacial score (nSPS) is 11.4. The van der Waals surface area contributed by atoms with Crippen molar-refractivity contribution in [1.82, 2.24) is 15.1 Å². The van der Waals surface area contributed by atoms with Crippen LogP contribution in [0.25, 0.3) is 5.69 Å². The predicted molar refractivity (Wildman–Crippen MR) is 90.6 cm³/mol. The van der Waals surface area contributed by atoms with Gasteiger partial charge in [0.1, 0.15) is 0 Å². The molecule has 0 saturated carbocycles. The molecule has 0 atom stereocenters. The molecule has 124 valence electrons. The lowest BCUT2D eigenvalue weighted by Crippen LogP contribution is -2.38. The van der Waals surface area contributed by atoms with Crippen molar-refractivity contribution in [2.24, 2.45) is 5.41 Å². The molecule has 5 nitrogen and oxygen atoms in total. The number of aliphatic hydroxyl groups is 1. The second kappa shape index (κ2) is 7.92. The van der Waals surface area contributed by atoms with Crippen LogP contribution in [-0.2, 0) is 0 Å². The molecular weight excluding hydrogens is 290 g/mol. The highest BCUT2D eigenvalue weighted by Crippen LogP contribution is 2.29. The molecule has 1 amide bonds. The van der Waals surface area contributed by atoms with Crippen molar-refractivity contribution >= 4 is 5.91 Å². The van der Waals surface area contributed by atoms with E-state index < -0.39 is 0 Å². The molecule has 0 radical (unpaired) electrons. The van der Waals surface area contributed by atoms with Crippen molar-refractivity contribution < 1.29 is 9.90 Å². The molecule has 1 heterocycles. The van der Waals surface area contributed by atoms with Gasteiger partial charge in [0, 0.05) is 25.5 Å². The third-order valence-electron chi connectivity index (χ3n) is 4.67. The van der Waals surface area contributed by atoms with Gasteiger partial charge in [-0.05, 0) is 42.9 Å². The fourth-order valence-corrected chi connectivity index (χ4v) is 2.82. The van der Waals surface area contributed by atoms with E-state index in [1.54, 1.807) is 16.9 Å². The second-order valence-corrected chi connectivity index (χ2v) is 5.83. The molecule has 2 aromatic rings. The zero-order valence-electron chi connectivity index (χ0n) is 13.8. The quantitative estimate of drug-likeness (QED) is 0.787. The Morgan fingerprint density at radius 2 is 2.00 bits per heavy atom. The third kappa shape index (κ3) is 3.99. The van der Waals surface area contributed by atoms with Crippen molar-refractivity contribution in [2.75, 3.05) is 13.2 Å². The summed E-state index contributed by atoms with van der Waals surface area (Å²) in [7, 11) is 0. The van der Waals surface area contributed by atoms with Gasteiger partial charge in [-0.2, -0.15) is 5.10 Å². The topological polar surface area (TPSA) is 67.2 Å². The smallest absolute Gasteiger partial charge is 0.253 e. The Kier molecular flexibility index (Phi) is 5.93. The Balaban J connectivity index is 2.16. The van der Waals surface area contributed by atoms with E-state index in [1.165, 1.54) is 0 Å². The number of hydrogen-bond donors (Lipinski definition) is 2. The average Bonchev–Trinajstić information content (AvgIpc) is 3.13. The lowest BCUT2D eigenvalue weighted by atomic mass is 9.79. The maximum absolute atomic E-state index is 12.6. The van der Waals surface area contributed by atoms with Crippen LogP contribution in [0.3, 0.4) is 0 Å². The van der Waals surface area contributed by atoms with Crippen LogP contribution in [-0.4, -0.2) is 33.9 Å². The number of nitrogens with zero attached hydrogens (tertiary/aromatic N) is 2. The van der Waals surface area contributed by atoms with E-state index in [9.17, 15) is 9.90 Å². The highest BCUT2D eigenvalue weighted by atomic mass is 16.3. The molecule has 0 saturated heterocycles. The van der Waals surface area contributed by atoms with Gasteiger partial charge in [0.2, 0.25) is 0 Å². The molecule has 0 bridgehead atoms. The first-order chi connectivity index (χ1) is 11.2. The van der Waals surface area contributed by atoms with E-state index in [-0.39, 0.29) is 17.9 Å². The summed E-state index contributed by atoms with van der Waals surface area (Å²) in [6, 6.07) is 9.25. The van der Waals surface area contributed by atoms with Gasteiger partial charge in [0.15, 0.2) is 0 Å². The summed E-state index contributed by atoms with van der Waals surface area (Å²) in [6.45, 7) is 4.90. The number of carbonyl (C=O) groups is 1. The Morgan fingerprint density at radius 3 is 2.61 bits per heavy atom. The first-order valence-electron chi connectivity index (χ1n) is 8.14. The van der Waals surface area contributed by atoms with Gasteiger partial charge in [-0.25, -0.2) is 4.68 Å². The summed E-state index contributed by atoms with van der Waals surface area (Å²) in [5.74, 6) is -0.111. The first kappa shape index (κ1) is 17.2. The highest BCUT2D eigenvalue weighted by molar-refractivity contribution is 5.97. The van der Waals surface area contributed by atoms with E-state index >= 15 is 0 Å². The minimum absolute atomic E-state index is 0.0505. The summed E-state index contributed by atoms with van der Waals surface area (Å²) in [4.78, 5) is 12.6. The molecule has 0 unspecified atom stereocenters. The summed E-state index contributed by atoms with van der Waals surface area (Å²) >= 11 is 0. The molecule has 0 aliphatic carbocycles. The highest BCUT2D eigenvalue weighted by Gasteiger charge is 2.26. The van der Waals surface area contributed by atoms with Crippen molar-refractivity contribution in [2.45, 2.75) is 33.1 Å². The number of para-hydroxylation sites is 1. The van der Waals surface area contributed by atoms with Crippen LogP contribution in [0.15, 0.2) is 42.7 Å². The fraction of sp³-hybridized carbons (Fsp3) is 0.444. The number of aromatic nitrogens is 2. The minimum Gasteiger partial charge on any atom is -0.396 e. The summed E-state index contributed by atoms with van der Waals surface area (Å²) < 4.78 is 1.69. The van der Waals surface area contributed by atoms with Crippen LogP contribution in [0.1, 0.15) is 43.5 Å². The van der Waals surface area contributed by atoms with Crippen molar-refractivity contribution in [3.63, 3.8) is 0 Å². The molecule has 0 spiro atoms. The van der Waals surface area contributed by atoms with Crippen LogP contribution >= 0.6 is 0 Å². The van der Waals surface area contributed by atoms with E-state index in [1.807, 2.05) is 30.5 Å².